The summed E-state index contributed by atoms with van der Waals surface area (Å²) in [6.07, 6.45) is 0.547. The number of benzene rings is 1. The van der Waals surface area contributed by atoms with E-state index >= 15 is 0 Å². The van der Waals surface area contributed by atoms with Crippen LogP contribution < -0.4 is 5.73 Å². The number of anilines is 1. The highest BCUT2D eigenvalue weighted by Crippen LogP contribution is 2.23. The van der Waals surface area contributed by atoms with Gasteiger partial charge in [-0.25, -0.2) is 0 Å². The maximum atomic E-state index is 11.9. The van der Waals surface area contributed by atoms with Gasteiger partial charge in [0.15, 0.2) is 0 Å². The molecule has 1 rings (SSSR count). The Kier molecular flexibility index (Phi) is 4.13. The first-order chi connectivity index (χ1) is 7.10. The van der Waals surface area contributed by atoms with Gasteiger partial charge in [-0.3, -0.25) is 4.21 Å². The molecule has 0 aliphatic rings. The molecule has 80 valence electrons. The fourth-order valence-corrected chi connectivity index (χ4v) is 2.50. The van der Waals surface area contributed by atoms with Gasteiger partial charge in [-0.2, -0.15) is 5.26 Å². The third kappa shape index (κ3) is 2.71. The van der Waals surface area contributed by atoms with Crippen LogP contribution >= 0.6 is 11.6 Å². The molecule has 0 aromatic heterocycles. The molecule has 15 heavy (non-hydrogen) atoms. The van der Waals surface area contributed by atoms with Crippen LogP contribution in [-0.4, -0.2) is 9.46 Å². The molecular formula is C10H11ClN2OS. The first-order valence-corrected chi connectivity index (χ1v) is 6.04. The van der Waals surface area contributed by atoms with Crippen molar-refractivity contribution < 1.29 is 4.21 Å². The Morgan fingerprint density at radius 2 is 2.33 bits per heavy atom. The fourth-order valence-electron chi connectivity index (χ4n) is 1.09. The maximum absolute atomic E-state index is 11.9. The van der Waals surface area contributed by atoms with Gasteiger partial charge in [-0.15, -0.1) is 0 Å². The smallest absolute Gasteiger partial charge is 0.126 e. The summed E-state index contributed by atoms with van der Waals surface area (Å²) in [5.41, 5.74) is 5.98. The molecule has 0 radical (unpaired) electrons. The average molecular weight is 243 g/mol. The Bertz CT molecular complexity index is 428. The van der Waals surface area contributed by atoms with E-state index in [2.05, 4.69) is 0 Å². The molecule has 2 N–H and O–H groups in total. The number of nitrogens with two attached hydrogens (primary N) is 1. The molecule has 0 amide bonds. The molecule has 0 saturated carbocycles. The summed E-state index contributed by atoms with van der Waals surface area (Å²) in [4.78, 5) is 0.544. The third-order valence-electron chi connectivity index (χ3n) is 1.98. The summed E-state index contributed by atoms with van der Waals surface area (Å²) in [7, 11) is -1.34. The Balaban J connectivity index is 3.02. The molecule has 2 unspecified atom stereocenters. The van der Waals surface area contributed by atoms with E-state index in [1.165, 1.54) is 0 Å². The van der Waals surface area contributed by atoms with E-state index < -0.39 is 16.0 Å². The van der Waals surface area contributed by atoms with Crippen LogP contribution in [-0.2, 0) is 10.8 Å². The van der Waals surface area contributed by atoms with Crippen LogP contribution in [0.5, 0.6) is 0 Å². The molecular weight excluding hydrogens is 232 g/mol. The molecule has 1 aromatic carbocycles. The number of rotatable bonds is 3. The van der Waals surface area contributed by atoms with E-state index in [1.807, 2.05) is 13.0 Å². The van der Waals surface area contributed by atoms with Gasteiger partial charge >= 0.3 is 0 Å². The quantitative estimate of drug-likeness (QED) is 0.828. The van der Waals surface area contributed by atoms with E-state index in [1.54, 1.807) is 18.2 Å². The minimum Gasteiger partial charge on any atom is -0.398 e. The second-order valence-electron chi connectivity index (χ2n) is 3.01. The molecule has 0 spiro atoms. The van der Waals surface area contributed by atoms with E-state index in [9.17, 15) is 4.21 Å². The lowest BCUT2D eigenvalue weighted by Gasteiger charge is -2.07. The lowest BCUT2D eigenvalue weighted by atomic mass is 10.3. The van der Waals surface area contributed by atoms with Crippen molar-refractivity contribution in [2.75, 3.05) is 5.73 Å². The standard InChI is InChI=1S/C10H11ClN2OS/c1-2-7(6-12)15(14)8-3-4-10(13)9(11)5-8/h3-5,7H,2,13H2,1H3. The third-order valence-corrected chi connectivity index (χ3v) is 3.98. The van der Waals surface area contributed by atoms with Gasteiger partial charge in [0.05, 0.1) is 27.6 Å². The van der Waals surface area contributed by atoms with Crippen molar-refractivity contribution in [3.05, 3.63) is 23.2 Å². The van der Waals surface area contributed by atoms with Gasteiger partial charge in [-0.1, -0.05) is 18.5 Å². The molecule has 3 nitrogen and oxygen atoms in total. The SMILES string of the molecule is CCC(C#N)S(=O)c1ccc(N)c(Cl)c1. The lowest BCUT2D eigenvalue weighted by Crippen LogP contribution is -2.11. The predicted molar refractivity (Wildman–Crippen MR) is 62.0 cm³/mol. The highest BCUT2D eigenvalue weighted by Gasteiger charge is 2.16. The highest BCUT2D eigenvalue weighted by atomic mass is 35.5. The first-order valence-electron chi connectivity index (χ1n) is 4.45. The van der Waals surface area contributed by atoms with Crippen molar-refractivity contribution in [2.45, 2.75) is 23.5 Å². The van der Waals surface area contributed by atoms with Crippen LogP contribution in [0.3, 0.4) is 0 Å². The van der Waals surface area contributed by atoms with E-state index in [0.717, 1.165) is 0 Å². The number of nitriles is 1. The van der Waals surface area contributed by atoms with Gasteiger partial charge < -0.3 is 5.73 Å². The fraction of sp³-hybridized carbons (Fsp3) is 0.300. The van der Waals surface area contributed by atoms with Crippen molar-refractivity contribution in [3.8, 4) is 6.07 Å². The zero-order valence-electron chi connectivity index (χ0n) is 8.24. The number of hydrogen-bond acceptors (Lipinski definition) is 3. The molecule has 0 aliphatic heterocycles. The van der Waals surface area contributed by atoms with Crippen LogP contribution in [0.4, 0.5) is 5.69 Å². The van der Waals surface area contributed by atoms with Crippen LogP contribution in [0.15, 0.2) is 23.1 Å². The van der Waals surface area contributed by atoms with Crippen molar-refractivity contribution in [2.24, 2.45) is 0 Å². The Labute approximate surface area is 96.3 Å². The second-order valence-corrected chi connectivity index (χ2v) is 5.05. The zero-order chi connectivity index (χ0) is 11.4. The van der Waals surface area contributed by atoms with Crippen molar-refractivity contribution in [3.63, 3.8) is 0 Å². The van der Waals surface area contributed by atoms with E-state index in [0.29, 0.717) is 22.0 Å². The van der Waals surface area contributed by atoms with E-state index in [-0.39, 0.29) is 0 Å². The molecule has 2 atom stereocenters. The molecule has 0 fully saturated rings. The summed E-state index contributed by atoms with van der Waals surface area (Å²) >= 11 is 5.81. The molecule has 5 heteroatoms. The van der Waals surface area contributed by atoms with Gasteiger partial charge in [-0.05, 0) is 24.6 Å². The monoisotopic (exact) mass is 242 g/mol. The van der Waals surface area contributed by atoms with Gasteiger partial charge in [0.25, 0.3) is 0 Å². The zero-order valence-corrected chi connectivity index (χ0v) is 9.81. The largest absolute Gasteiger partial charge is 0.398 e. The first kappa shape index (κ1) is 12.0. The maximum Gasteiger partial charge on any atom is 0.126 e. The predicted octanol–water partition coefficient (Wildman–Crippen LogP) is 2.33. The van der Waals surface area contributed by atoms with Crippen molar-refractivity contribution >= 4 is 28.1 Å². The number of nitrogen functional groups attached to an aromatic ring is 1. The minimum absolute atomic E-state index is 0.369. The van der Waals surface area contributed by atoms with Crippen LogP contribution in [0, 0.1) is 11.3 Å². The van der Waals surface area contributed by atoms with Crippen LogP contribution in [0.1, 0.15) is 13.3 Å². The summed E-state index contributed by atoms with van der Waals surface area (Å²) < 4.78 is 11.9. The number of nitrogens with zero attached hydrogens (tertiary/aromatic N) is 1. The Morgan fingerprint density at radius 3 is 2.80 bits per heavy atom. The molecule has 0 bridgehead atoms. The molecule has 1 aromatic rings. The lowest BCUT2D eigenvalue weighted by molar-refractivity contribution is 0.676. The second kappa shape index (κ2) is 5.15. The van der Waals surface area contributed by atoms with E-state index in [4.69, 9.17) is 22.6 Å². The Hall–Kier alpha value is -1.05. The number of hydrogen-bond donors (Lipinski definition) is 1. The van der Waals surface area contributed by atoms with Crippen LogP contribution in [0.2, 0.25) is 5.02 Å². The van der Waals surface area contributed by atoms with Gasteiger partial charge in [0.1, 0.15) is 5.25 Å². The topological polar surface area (TPSA) is 66.9 Å². The molecule has 0 saturated heterocycles. The molecule has 0 heterocycles. The Morgan fingerprint density at radius 1 is 1.67 bits per heavy atom. The van der Waals surface area contributed by atoms with Crippen LogP contribution in [0.25, 0.3) is 0 Å². The minimum atomic E-state index is -1.34. The van der Waals surface area contributed by atoms with Crippen molar-refractivity contribution in [1.82, 2.24) is 0 Å². The van der Waals surface area contributed by atoms with Crippen molar-refractivity contribution in [1.29, 1.82) is 5.26 Å². The summed E-state index contributed by atoms with van der Waals surface area (Å²) in [5.74, 6) is 0. The summed E-state index contributed by atoms with van der Waals surface area (Å²) in [5, 5.41) is 8.65. The summed E-state index contributed by atoms with van der Waals surface area (Å²) in [6, 6.07) is 6.79. The highest BCUT2D eigenvalue weighted by molar-refractivity contribution is 7.86. The average Bonchev–Trinajstić information content (AvgIpc) is 2.23. The molecule has 0 aliphatic carbocycles. The summed E-state index contributed by atoms with van der Waals surface area (Å²) in [6.45, 7) is 1.82. The van der Waals surface area contributed by atoms with Gasteiger partial charge in [0, 0.05) is 4.90 Å². The normalized spacial score (nSPS) is 14.2. The number of halogens is 1. The van der Waals surface area contributed by atoms with Gasteiger partial charge in [0.2, 0.25) is 0 Å².